The minimum Gasteiger partial charge on any atom is -0.352 e. The molecule has 0 unspecified atom stereocenters. The lowest BCUT2D eigenvalue weighted by Gasteiger charge is -2.35. The lowest BCUT2D eigenvalue weighted by atomic mass is 9.78. The molecule has 5 nitrogen and oxygen atoms in total. The van der Waals surface area contributed by atoms with Crippen molar-refractivity contribution >= 4 is 39.8 Å². The smallest absolute Gasteiger partial charge is 0.233 e. The van der Waals surface area contributed by atoms with Gasteiger partial charge < -0.3 is 10.6 Å². The Balaban J connectivity index is 1.55. The number of nitrogens with one attached hydrogen (secondary N) is 2. The van der Waals surface area contributed by atoms with Crippen LogP contribution in [0.5, 0.6) is 0 Å². The number of thioether (sulfide) groups is 1. The molecular weight excluding hydrogens is 376 g/mol. The monoisotopic (exact) mass is 404 g/mol. The number of carbonyl (C=O) groups is 1. The van der Waals surface area contributed by atoms with Gasteiger partial charge in [-0.2, -0.15) is 0 Å². The predicted molar refractivity (Wildman–Crippen MR) is 114 cm³/mol. The van der Waals surface area contributed by atoms with Crippen LogP contribution in [0, 0.1) is 18.8 Å². The summed E-state index contributed by atoms with van der Waals surface area (Å²) in [5, 5.41) is 15.5. The van der Waals surface area contributed by atoms with Gasteiger partial charge in [-0.1, -0.05) is 68.0 Å². The highest BCUT2D eigenvalue weighted by Gasteiger charge is 2.29. The molecule has 0 bridgehead atoms. The van der Waals surface area contributed by atoms with E-state index >= 15 is 0 Å². The Kier molecular flexibility index (Phi) is 6.76. The summed E-state index contributed by atoms with van der Waals surface area (Å²) in [6.07, 6.45) is 3.54. The van der Waals surface area contributed by atoms with Crippen molar-refractivity contribution in [1.29, 1.82) is 0 Å². The molecule has 1 saturated carbocycles. The second-order valence-corrected chi connectivity index (χ2v) is 10.0. The van der Waals surface area contributed by atoms with Crippen molar-refractivity contribution in [3.63, 3.8) is 0 Å². The van der Waals surface area contributed by atoms with Crippen LogP contribution >= 0.6 is 23.1 Å². The summed E-state index contributed by atoms with van der Waals surface area (Å²) in [4.78, 5) is 12.6. The van der Waals surface area contributed by atoms with Crippen LogP contribution in [0.3, 0.4) is 0 Å². The predicted octanol–water partition coefficient (Wildman–Crippen LogP) is 5.01. The van der Waals surface area contributed by atoms with Crippen LogP contribution in [0.1, 0.15) is 45.6 Å². The van der Waals surface area contributed by atoms with E-state index in [0.29, 0.717) is 11.8 Å². The van der Waals surface area contributed by atoms with Crippen LogP contribution in [-0.4, -0.2) is 27.4 Å². The molecule has 4 atom stereocenters. The number of anilines is 2. The van der Waals surface area contributed by atoms with E-state index in [2.05, 4.69) is 47.7 Å². The van der Waals surface area contributed by atoms with Crippen LogP contribution in [0.25, 0.3) is 0 Å². The van der Waals surface area contributed by atoms with Gasteiger partial charge >= 0.3 is 0 Å². The van der Waals surface area contributed by atoms with Gasteiger partial charge in [0.15, 0.2) is 4.34 Å². The van der Waals surface area contributed by atoms with E-state index in [0.717, 1.165) is 27.1 Å². The van der Waals surface area contributed by atoms with E-state index < -0.39 is 0 Å². The van der Waals surface area contributed by atoms with E-state index in [1.165, 1.54) is 35.9 Å². The van der Waals surface area contributed by atoms with Crippen molar-refractivity contribution in [3.8, 4) is 0 Å². The highest BCUT2D eigenvalue weighted by Crippen LogP contribution is 2.32. The summed E-state index contributed by atoms with van der Waals surface area (Å²) >= 11 is 2.95. The standard InChI is InChI=1S/C20H28N4OS2/c1-12-9-7-11-17(14(12)3)21-18(25)15(4)26-20-24-23-19(27-20)22-16-10-6-5-8-13(16)2/h5-6,8,10,12,14-15,17H,7,9,11H2,1-4H3,(H,21,25)(H,22,23)/t12-,14+,15+,17+/m1/s1. The molecule has 1 amide bonds. The lowest BCUT2D eigenvalue weighted by Crippen LogP contribution is -2.46. The van der Waals surface area contributed by atoms with E-state index in [1.54, 1.807) is 0 Å². The first-order chi connectivity index (χ1) is 12.9. The molecule has 0 saturated heterocycles. The summed E-state index contributed by atoms with van der Waals surface area (Å²) < 4.78 is 0.804. The fourth-order valence-electron chi connectivity index (χ4n) is 3.43. The molecule has 2 aromatic rings. The first kappa shape index (κ1) is 20.1. The number of nitrogens with zero attached hydrogens (tertiary/aromatic N) is 2. The quantitative estimate of drug-likeness (QED) is 0.662. The fourth-order valence-corrected chi connectivity index (χ4v) is 5.34. The second kappa shape index (κ2) is 9.06. The SMILES string of the molecule is Cc1ccccc1Nc1nnc(S[C@@H](C)C(=O)N[C@H]2CCC[C@@H](C)[C@@H]2C)s1. The van der Waals surface area contributed by atoms with E-state index in [4.69, 9.17) is 0 Å². The number of rotatable bonds is 6. The molecule has 1 aliphatic carbocycles. The minimum absolute atomic E-state index is 0.0922. The fraction of sp³-hybridized carbons (Fsp3) is 0.550. The molecule has 1 aromatic heterocycles. The van der Waals surface area contributed by atoms with Gasteiger partial charge in [-0.3, -0.25) is 4.79 Å². The molecule has 0 aliphatic heterocycles. The zero-order valence-corrected chi connectivity index (χ0v) is 18.0. The normalized spacial score (nSPS) is 23.6. The number of hydrogen-bond acceptors (Lipinski definition) is 6. The summed E-state index contributed by atoms with van der Waals surface area (Å²) in [6.45, 7) is 8.53. The number of aryl methyl sites for hydroxylation is 1. The summed E-state index contributed by atoms with van der Waals surface area (Å²) in [5.41, 5.74) is 2.18. The highest BCUT2D eigenvalue weighted by atomic mass is 32.2. The molecule has 27 heavy (non-hydrogen) atoms. The average Bonchev–Trinajstić information content (AvgIpc) is 3.08. The van der Waals surface area contributed by atoms with Crippen molar-refractivity contribution in [2.24, 2.45) is 11.8 Å². The second-order valence-electron chi connectivity index (χ2n) is 7.46. The van der Waals surface area contributed by atoms with Crippen molar-refractivity contribution in [1.82, 2.24) is 15.5 Å². The third-order valence-electron chi connectivity index (χ3n) is 5.47. The first-order valence-electron chi connectivity index (χ1n) is 9.57. The van der Waals surface area contributed by atoms with Gasteiger partial charge in [-0.05, 0) is 43.7 Å². The third-order valence-corrected chi connectivity index (χ3v) is 7.50. The van der Waals surface area contributed by atoms with Crippen molar-refractivity contribution in [3.05, 3.63) is 29.8 Å². The van der Waals surface area contributed by atoms with E-state index in [9.17, 15) is 4.79 Å². The maximum Gasteiger partial charge on any atom is 0.233 e. The summed E-state index contributed by atoms with van der Waals surface area (Å²) in [7, 11) is 0. The zero-order valence-electron chi connectivity index (χ0n) is 16.4. The Labute approximate surface area is 169 Å². The van der Waals surface area contributed by atoms with E-state index in [-0.39, 0.29) is 17.2 Å². The Morgan fingerprint density at radius 2 is 2.04 bits per heavy atom. The van der Waals surface area contributed by atoms with Gasteiger partial charge in [0.05, 0.1) is 5.25 Å². The Bertz CT molecular complexity index is 779. The number of benzene rings is 1. The molecule has 1 aliphatic rings. The molecule has 0 spiro atoms. The number of para-hydroxylation sites is 1. The van der Waals surface area contributed by atoms with Gasteiger partial charge in [0, 0.05) is 11.7 Å². The van der Waals surface area contributed by atoms with Crippen LogP contribution in [0.4, 0.5) is 10.8 Å². The van der Waals surface area contributed by atoms with Gasteiger partial charge in [0.25, 0.3) is 0 Å². The highest BCUT2D eigenvalue weighted by molar-refractivity contribution is 8.02. The Morgan fingerprint density at radius 3 is 2.81 bits per heavy atom. The molecule has 1 fully saturated rings. The number of amides is 1. The van der Waals surface area contributed by atoms with Crippen molar-refractivity contribution in [2.45, 2.75) is 62.6 Å². The van der Waals surface area contributed by atoms with Gasteiger partial charge in [0.1, 0.15) is 0 Å². The van der Waals surface area contributed by atoms with Crippen LogP contribution in [0.2, 0.25) is 0 Å². The average molecular weight is 405 g/mol. The maximum absolute atomic E-state index is 12.6. The Morgan fingerprint density at radius 1 is 1.26 bits per heavy atom. The topological polar surface area (TPSA) is 66.9 Å². The molecule has 1 aromatic carbocycles. The molecule has 1 heterocycles. The lowest BCUT2D eigenvalue weighted by molar-refractivity contribution is -0.121. The van der Waals surface area contributed by atoms with Crippen LogP contribution < -0.4 is 10.6 Å². The third kappa shape index (κ3) is 5.23. The molecule has 3 rings (SSSR count). The van der Waals surface area contributed by atoms with Crippen LogP contribution in [0.15, 0.2) is 28.6 Å². The zero-order chi connectivity index (χ0) is 19.4. The van der Waals surface area contributed by atoms with Gasteiger partial charge in [0.2, 0.25) is 11.0 Å². The van der Waals surface area contributed by atoms with Crippen molar-refractivity contribution < 1.29 is 4.79 Å². The van der Waals surface area contributed by atoms with E-state index in [1.807, 2.05) is 25.1 Å². The Hall–Kier alpha value is -1.60. The summed E-state index contributed by atoms with van der Waals surface area (Å²) in [5.74, 6) is 1.30. The molecule has 2 N–H and O–H groups in total. The van der Waals surface area contributed by atoms with Gasteiger partial charge in [-0.25, -0.2) is 0 Å². The van der Waals surface area contributed by atoms with Crippen LogP contribution in [-0.2, 0) is 4.79 Å². The first-order valence-corrected chi connectivity index (χ1v) is 11.3. The molecular formula is C20H28N4OS2. The number of carbonyl (C=O) groups excluding carboxylic acids is 1. The van der Waals surface area contributed by atoms with Gasteiger partial charge in [-0.15, -0.1) is 10.2 Å². The largest absolute Gasteiger partial charge is 0.352 e. The molecule has 0 radical (unpaired) electrons. The number of hydrogen-bond donors (Lipinski definition) is 2. The minimum atomic E-state index is -0.186. The maximum atomic E-state index is 12.6. The summed E-state index contributed by atoms with van der Waals surface area (Å²) in [6, 6.07) is 8.36. The molecule has 7 heteroatoms. The number of aromatic nitrogens is 2. The van der Waals surface area contributed by atoms with Crippen molar-refractivity contribution in [2.75, 3.05) is 5.32 Å². The molecule has 146 valence electrons.